The van der Waals surface area contributed by atoms with Crippen molar-refractivity contribution in [3.05, 3.63) is 73.4 Å². The zero-order valence-electron chi connectivity index (χ0n) is 25.5. The molecule has 9 nitrogen and oxygen atoms in total. The van der Waals surface area contributed by atoms with Crippen molar-refractivity contribution < 1.29 is 19.0 Å². The zero-order valence-corrected chi connectivity index (χ0v) is 27.1. The van der Waals surface area contributed by atoms with Crippen LogP contribution in [-0.2, 0) is 28.9 Å². The van der Waals surface area contributed by atoms with Crippen LogP contribution in [0.4, 0.5) is 0 Å². The summed E-state index contributed by atoms with van der Waals surface area (Å²) in [5, 5.41) is 2.33. The van der Waals surface area contributed by atoms with Gasteiger partial charge in [0.2, 0.25) is 0 Å². The maximum atomic E-state index is 13.8. The fourth-order valence-electron chi connectivity index (χ4n) is 6.54. The van der Waals surface area contributed by atoms with E-state index in [4.69, 9.17) is 30.8 Å². The molecule has 1 saturated heterocycles. The quantitative estimate of drug-likeness (QED) is 0.230. The molecule has 1 unspecified atom stereocenters. The standard InChI is InChI=1S/C33H37ClN4O5S/c1-19-15-25(31-30(35-19)27(18-44-31)33(40)42-4)24-16-21(34)5-8-29(24)43-14-13-38-20(2)36-28-7-6-22(17-26(28)32(38)39)37-11-9-23(41-3)10-12-37/h5,8,15-16,18,22-23H,6-7,9-14,17H2,1-4H3. The molecular formula is C33H37ClN4O5S. The molecule has 11 heteroatoms. The first-order chi connectivity index (χ1) is 21.3. The van der Waals surface area contributed by atoms with E-state index in [-0.39, 0.29) is 12.2 Å². The van der Waals surface area contributed by atoms with Crippen LogP contribution in [0.5, 0.6) is 5.75 Å². The number of aromatic nitrogens is 3. The molecule has 0 bridgehead atoms. The summed E-state index contributed by atoms with van der Waals surface area (Å²) in [6, 6.07) is 7.81. The zero-order chi connectivity index (χ0) is 31.0. The van der Waals surface area contributed by atoms with Crippen LogP contribution in [0.25, 0.3) is 21.3 Å². The highest BCUT2D eigenvalue weighted by molar-refractivity contribution is 7.18. The summed E-state index contributed by atoms with van der Waals surface area (Å²) in [6.07, 6.45) is 4.98. The Kier molecular flexibility index (Phi) is 9.05. The smallest absolute Gasteiger partial charge is 0.340 e. The first-order valence-electron chi connectivity index (χ1n) is 15.0. The van der Waals surface area contributed by atoms with Gasteiger partial charge in [0, 0.05) is 59.0 Å². The molecule has 6 rings (SSSR count). The summed E-state index contributed by atoms with van der Waals surface area (Å²) in [4.78, 5) is 38.1. The predicted octanol–water partition coefficient (Wildman–Crippen LogP) is 5.62. The Morgan fingerprint density at radius 2 is 1.89 bits per heavy atom. The van der Waals surface area contributed by atoms with Crippen LogP contribution in [0.1, 0.15) is 52.4 Å². The number of likely N-dealkylation sites (tertiary alicyclic amines) is 1. The Hall–Kier alpha value is -3.31. The molecule has 232 valence electrons. The molecule has 0 saturated carbocycles. The molecule has 0 N–H and O–H groups in total. The van der Waals surface area contributed by atoms with Crippen molar-refractivity contribution in [2.24, 2.45) is 0 Å². The number of halogens is 1. The lowest BCUT2D eigenvalue weighted by atomic mass is 9.90. The van der Waals surface area contributed by atoms with Crippen LogP contribution in [0.3, 0.4) is 0 Å². The number of hydrogen-bond donors (Lipinski definition) is 0. The van der Waals surface area contributed by atoms with E-state index in [0.717, 1.165) is 78.0 Å². The molecule has 0 radical (unpaired) electrons. The van der Waals surface area contributed by atoms with Crippen molar-refractivity contribution in [1.29, 1.82) is 0 Å². The molecule has 0 amide bonds. The molecule has 1 fully saturated rings. The molecule has 1 atom stereocenters. The molecule has 2 aliphatic rings. The third kappa shape index (κ3) is 6.00. The number of esters is 1. The maximum absolute atomic E-state index is 13.8. The van der Waals surface area contributed by atoms with Gasteiger partial charge < -0.3 is 14.2 Å². The molecule has 4 heterocycles. The van der Waals surface area contributed by atoms with Crippen molar-refractivity contribution >= 4 is 39.1 Å². The maximum Gasteiger partial charge on any atom is 0.340 e. The van der Waals surface area contributed by atoms with E-state index < -0.39 is 5.97 Å². The Balaban J connectivity index is 1.23. The fourth-order valence-corrected chi connectivity index (χ4v) is 7.72. The normalized spacial score (nSPS) is 17.5. The molecular weight excluding hydrogens is 600 g/mol. The predicted molar refractivity (Wildman–Crippen MR) is 172 cm³/mol. The van der Waals surface area contributed by atoms with Crippen LogP contribution in [0.15, 0.2) is 34.4 Å². The van der Waals surface area contributed by atoms with Gasteiger partial charge in [0.05, 0.1) is 41.2 Å². The van der Waals surface area contributed by atoms with Gasteiger partial charge in [0.15, 0.2) is 0 Å². The van der Waals surface area contributed by atoms with Crippen LogP contribution >= 0.6 is 22.9 Å². The third-order valence-corrected chi connectivity index (χ3v) is 10.1. The second-order valence-electron chi connectivity index (χ2n) is 11.5. The molecule has 3 aromatic heterocycles. The molecule has 4 aromatic rings. The average Bonchev–Trinajstić information content (AvgIpc) is 3.46. The van der Waals surface area contributed by atoms with Crippen molar-refractivity contribution in [2.75, 3.05) is 33.9 Å². The number of fused-ring (bicyclic) bond motifs is 2. The Bertz CT molecular complexity index is 1760. The molecule has 1 aliphatic carbocycles. The fraction of sp³-hybridized carbons (Fsp3) is 0.455. The van der Waals surface area contributed by atoms with Crippen LogP contribution < -0.4 is 10.3 Å². The Labute approximate surface area is 265 Å². The minimum Gasteiger partial charge on any atom is -0.491 e. The van der Waals surface area contributed by atoms with E-state index in [1.165, 1.54) is 18.4 Å². The first-order valence-corrected chi connectivity index (χ1v) is 16.3. The van der Waals surface area contributed by atoms with Gasteiger partial charge in [0.25, 0.3) is 5.56 Å². The summed E-state index contributed by atoms with van der Waals surface area (Å²) in [6.45, 7) is 6.42. The topological polar surface area (TPSA) is 95.8 Å². The molecule has 1 aliphatic heterocycles. The number of rotatable bonds is 8. The number of pyridine rings is 1. The largest absolute Gasteiger partial charge is 0.491 e. The van der Waals surface area contributed by atoms with Crippen molar-refractivity contribution in [3.63, 3.8) is 0 Å². The second kappa shape index (κ2) is 13.0. The number of aryl methyl sites for hydroxylation is 3. The number of carbonyl (C=O) groups excluding carboxylic acids is 1. The summed E-state index contributed by atoms with van der Waals surface area (Å²) in [5.74, 6) is 0.906. The highest BCUT2D eigenvalue weighted by atomic mass is 35.5. The van der Waals surface area contributed by atoms with Gasteiger partial charge >= 0.3 is 5.97 Å². The van der Waals surface area contributed by atoms with E-state index in [2.05, 4.69) is 9.88 Å². The highest BCUT2D eigenvalue weighted by Gasteiger charge is 2.30. The number of benzene rings is 1. The Morgan fingerprint density at radius 3 is 2.64 bits per heavy atom. The molecule has 44 heavy (non-hydrogen) atoms. The van der Waals surface area contributed by atoms with E-state index >= 15 is 0 Å². The van der Waals surface area contributed by atoms with E-state index in [0.29, 0.717) is 46.4 Å². The van der Waals surface area contributed by atoms with Gasteiger partial charge in [-0.3, -0.25) is 19.2 Å². The van der Waals surface area contributed by atoms with Gasteiger partial charge in [-0.2, -0.15) is 0 Å². The Morgan fingerprint density at radius 1 is 1.09 bits per heavy atom. The summed E-state index contributed by atoms with van der Waals surface area (Å²) < 4.78 is 19.4. The lowest BCUT2D eigenvalue weighted by Crippen LogP contribution is -2.47. The summed E-state index contributed by atoms with van der Waals surface area (Å²) >= 11 is 7.88. The number of piperidine rings is 1. The number of methoxy groups -OCH3 is 2. The van der Waals surface area contributed by atoms with Crippen molar-refractivity contribution in [3.8, 4) is 16.9 Å². The number of thiophene rings is 1. The molecule has 0 spiro atoms. The van der Waals surface area contributed by atoms with E-state index in [1.807, 2.05) is 32.0 Å². The third-order valence-electron chi connectivity index (χ3n) is 8.88. The highest BCUT2D eigenvalue weighted by Crippen LogP contribution is 2.40. The monoisotopic (exact) mass is 636 g/mol. The minimum absolute atomic E-state index is 0.0318. The van der Waals surface area contributed by atoms with Gasteiger partial charge in [-0.15, -0.1) is 11.3 Å². The van der Waals surface area contributed by atoms with Gasteiger partial charge in [0.1, 0.15) is 18.2 Å². The van der Waals surface area contributed by atoms with Gasteiger partial charge in [-0.1, -0.05) is 11.6 Å². The number of ether oxygens (including phenoxy) is 3. The van der Waals surface area contributed by atoms with Crippen LogP contribution in [-0.4, -0.2) is 71.5 Å². The van der Waals surface area contributed by atoms with Gasteiger partial charge in [-0.25, -0.2) is 9.78 Å². The molecule has 1 aromatic carbocycles. The van der Waals surface area contributed by atoms with E-state index in [1.54, 1.807) is 23.1 Å². The van der Waals surface area contributed by atoms with Crippen LogP contribution in [0, 0.1) is 13.8 Å². The van der Waals surface area contributed by atoms with Crippen LogP contribution in [0.2, 0.25) is 5.02 Å². The average molecular weight is 637 g/mol. The number of carbonyl (C=O) groups is 1. The first kappa shape index (κ1) is 30.7. The summed E-state index contributed by atoms with van der Waals surface area (Å²) in [7, 11) is 3.15. The number of nitrogens with zero attached hydrogens (tertiary/aromatic N) is 4. The number of hydrogen-bond acceptors (Lipinski definition) is 9. The summed E-state index contributed by atoms with van der Waals surface area (Å²) in [5.41, 5.74) is 5.24. The lowest BCUT2D eigenvalue weighted by Gasteiger charge is -2.39. The van der Waals surface area contributed by atoms with E-state index in [9.17, 15) is 9.59 Å². The lowest BCUT2D eigenvalue weighted by molar-refractivity contribution is 0.0248. The minimum atomic E-state index is -0.427. The van der Waals surface area contributed by atoms with Crippen molar-refractivity contribution in [2.45, 2.75) is 64.6 Å². The SMILES string of the molecule is COC(=O)c1csc2c(-c3cc(Cl)ccc3OCCn3c(C)nc4c(c3=O)CC(N3CCC(OC)CC3)CC4)cc(C)nc12. The van der Waals surface area contributed by atoms with Gasteiger partial charge in [-0.05, 0) is 70.2 Å². The second-order valence-corrected chi connectivity index (χ2v) is 12.8. The van der Waals surface area contributed by atoms with Crippen molar-refractivity contribution in [1.82, 2.24) is 19.4 Å².